The van der Waals surface area contributed by atoms with E-state index in [-0.39, 0.29) is 0 Å². The Morgan fingerprint density at radius 3 is 1.37 bits per heavy atom. The molecule has 0 rings (SSSR count). The van der Waals surface area contributed by atoms with E-state index in [1.54, 1.807) is 4.90 Å². The summed E-state index contributed by atoms with van der Waals surface area (Å²) in [6, 6.07) is 0. The number of unbranched alkanes of at least 4 members (excludes halogenated alkanes) is 8. The van der Waals surface area contributed by atoms with Gasteiger partial charge >= 0.3 is 0 Å². The Morgan fingerprint density at radius 2 is 1.01 bits per heavy atom. The smallest absolute Gasteiger partial charge is 0.182 e. The van der Waals surface area contributed by atoms with Crippen LogP contribution in [0, 0.1) is 0 Å². The Labute approximate surface area is 488 Å². The van der Waals surface area contributed by atoms with Crippen LogP contribution < -0.4 is 26.6 Å². The third kappa shape index (κ3) is 140. The molecule has 0 radical (unpaired) electrons. The van der Waals surface area contributed by atoms with Gasteiger partial charge in [0.05, 0.1) is 164 Å². The van der Waals surface area contributed by atoms with Crippen LogP contribution in [-0.4, -0.2) is 270 Å². The van der Waals surface area contributed by atoms with Crippen molar-refractivity contribution in [2.45, 2.75) is 165 Å². The zero-order valence-electron chi connectivity index (χ0n) is 58.0. The van der Waals surface area contributed by atoms with Gasteiger partial charge in [-0.1, -0.05) is 113 Å². The van der Waals surface area contributed by atoms with Gasteiger partial charge in [-0.2, -0.15) is 11.8 Å². The van der Waals surface area contributed by atoms with Crippen LogP contribution in [0.3, 0.4) is 0 Å². The molecule has 0 heterocycles. The Balaban J connectivity index is -0.0000000966. The largest absolute Gasteiger partial charge is 0.516 e. The quantitative estimate of drug-likeness (QED) is 0.0162. The molecule has 0 aliphatic carbocycles. The maximum Gasteiger partial charge on any atom is 0.182 e. The van der Waals surface area contributed by atoms with Crippen molar-refractivity contribution in [3.8, 4) is 0 Å². The van der Waals surface area contributed by atoms with E-state index in [1.807, 2.05) is 11.8 Å². The summed E-state index contributed by atoms with van der Waals surface area (Å²) in [5.41, 5.74) is 5.38. The minimum atomic E-state index is 0.750. The Morgan fingerprint density at radius 1 is 0.566 bits per heavy atom. The second kappa shape index (κ2) is 76.5. The number of hydrogen-bond acceptors (Lipinski definition) is 7. The minimum Gasteiger partial charge on any atom is -0.516 e. The van der Waals surface area contributed by atoms with Gasteiger partial charge in [0.25, 0.3) is 0 Å². The van der Waals surface area contributed by atoms with E-state index in [1.165, 1.54) is 193 Å². The van der Waals surface area contributed by atoms with E-state index in [0.29, 0.717) is 0 Å². The topological polar surface area (TPSA) is 112 Å². The Kier molecular flexibility index (Phi) is 95.3. The van der Waals surface area contributed by atoms with Crippen LogP contribution in [-0.2, 0) is 4.74 Å². The molecule has 9 N–H and O–H groups in total. The average molecular weight is 1120 g/mol. The molecule has 0 aliphatic rings. The molecule has 0 aromatic heterocycles. The molecule has 13 nitrogen and oxygen atoms in total. The lowest BCUT2D eigenvalue weighted by Gasteiger charge is -2.30. The summed E-state index contributed by atoms with van der Waals surface area (Å²) in [5, 5.41) is 15.2. The molecule has 1 unspecified atom stereocenters. The lowest BCUT2D eigenvalue weighted by molar-refractivity contribution is -0.890. The maximum absolute atomic E-state index is 7.33. The number of thioether (sulfide) groups is 1. The first-order chi connectivity index (χ1) is 35.5. The number of hydrogen-bond donors (Lipinski definition) is 6. The van der Waals surface area contributed by atoms with Crippen molar-refractivity contribution in [2.75, 3.05) is 237 Å². The maximum atomic E-state index is 7.33. The number of aliphatic hydroxyl groups is 1. The number of likely N-dealkylation sites (N-methyl/N-ethyl adjacent to an activating group) is 5. The van der Waals surface area contributed by atoms with Crippen molar-refractivity contribution < 1.29 is 43.3 Å². The number of quaternary nitrogens is 7. The Hall–Kier alpha value is -0.590. The van der Waals surface area contributed by atoms with E-state index < -0.39 is 0 Å². The third-order valence-electron chi connectivity index (χ3n) is 11.2. The number of ether oxygens (including phenoxy) is 1. The standard InChI is InChI=1S/2C10H25N2.C8H20N2.C8H20NO.C7H18N2.C7H18N.C5H13N.C5H12S.C2H4O/c1-6-7-9-12(4,5)10-8-11(2)3;1-6-7-8-11(2)9-10-12(3,4)5;1-3-4-7-10-8-5-6-9-2;1-5-6-7-10-8-9(2,3)4;1-3-4-6-9(2)7-5-8;1-5-6-7-8(2,3)4;2*1-3-4-5-6-2;1-2-3/h2*6-10H2,1-5H3;9-10H,3-8H2,1-2H3;5-8H2,1-4H3;3-8H2,1-2H3;5-7H2,1-4H3;6H,3-5H2,1-2H3;3-5H2,1-2H3;2-3H,1H2/q2*+1;;+1;;+1;;;/p+3. The summed E-state index contributed by atoms with van der Waals surface area (Å²) in [6.07, 6.45) is 25.2. The summed E-state index contributed by atoms with van der Waals surface area (Å²) in [5.74, 6) is 1.33. The van der Waals surface area contributed by atoms with Crippen molar-refractivity contribution in [1.29, 1.82) is 0 Å². The molecule has 472 valence electrons. The zero-order valence-corrected chi connectivity index (χ0v) is 58.8. The van der Waals surface area contributed by atoms with E-state index in [2.05, 4.69) is 214 Å². The lowest BCUT2D eigenvalue weighted by Crippen LogP contribution is -3.09. The fourth-order valence-electron chi connectivity index (χ4n) is 5.80. The van der Waals surface area contributed by atoms with Crippen LogP contribution >= 0.6 is 11.8 Å². The normalized spacial score (nSPS) is 11.3. The van der Waals surface area contributed by atoms with Crippen LogP contribution in [0.4, 0.5) is 0 Å². The first-order valence-corrected chi connectivity index (χ1v) is 32.6. The van der Waals surface area contributed by atoms with E-state index >= 15 is 0 Å². The minimum absolute atomic E-state index is 0.750. The fourth-order valence-corrected chi connectivity index (χ4v) is 6.38. The molecule has 0 aromatic carbocycles. The van der Waals surface area contributed by atoms with Crippen molar-refractivity contribution in [3.63, 3.8) is 0 Å². The number of nitrogens with two attached hydrogens (primary N) is 3. The average Bonchev–Trinajstić information content (AvgIpc) is 3.34. The molecular weight excluding hydrogens is 963 g/mol. The molecular formula is C62H158N11O2S+7. The molecule has 0 spiro atoms. The Bertz CT molecular complexity index is 939. The van der Waals surface area contributed by atoms with Gasteiger partial charge in [-0.25, -0.2) is 0 Å². The van der Waals surface area contributed by atoms with Gasteiger partial charge in [-0.05, 0) is 97.6 Å². The van der Waals surface area contributed by atoms with Gasteiger partial charge in [0.2, 0.25) is 0 Å². The second-order valence-corrected chi connectivity index (χ2v) is 25.6. The van der Waals surface area contributed by atoms with E-state index in [9.17, 15) is 0 Å². The summed E-state index contributed by atoms with van der Waals surface area (Å²) in [7, 11) is 37.4. The van der Waals surface area contributed by atoms with Gasteiger partial charge in [0.15, 0.2) is 6.73 Å². The highest BCUT2D eigenvalue weighted by atomic mass is 32.2. The summed E-state index contributed by atoms with van der Waals surface area (Å²) < 4.78 is 9.63. The number of nitrogens with zero attached hydrogens (tertiary/aromatic N) is 6. The molecule has 0 aliphatic heterocycles. The highest BCUT2D eigenvalue weighted by Crippen LogP contribution is 2.01. The summed E-state index contributed by atoms with van der Waals surface area (Å²) in [6.45, 7) is 39.3. The van der Waals surface area contributed by atoms with Crippen LogP contribution in [0.15, 0.2) is 12.8 Å². The van der Waals surface area contributed by atoms with Gasteiger partial charge in [-0.3, -0.25) is 0 Å². The molecule has 14 heteroatoms. The predicted molar refractivity (Wildman–Crippen MR) is 352 cm³/mol. The van der Waals surface area contributed by atoms with E-state index in [4.69, 9.17) is 15.6 Å². The monoisotopic (exact) mass is 1120 g/mol. The zero-order chi connectivity index (χ0) is 61.0. The van der Waals surface area contributed by atoms with Gasteiger partial charge in [-0.15, -0.1) is 0 Å². The number of rotatable bonds is 38. The molecule has 0 saturated heterocycles. The molecule has 0 fully saturated rings. The molecule has 0 amide bonds. The first kappa shape index (κ1) is 94.7. The SMILES string of the molecule is C=CO.CCCCN(C)CC[N+](C)(C)C.CCCCNCCC[NH2+]C.CCCCOC[N+](C)(C)C.CCCCSC.CCCC[N+](C)(C)C.CCCC[N+](C)(C)CCN(C)C.CCCC[NH+](C)CCN.CCCC[NH2+]C. The van der Waals surface area contributed by atoms with Crippen LogP contribution in [0.2, 0.25) is 0 Å². The van der Waals surface area contributed by atoms with Crippen LogP contribution in [0.1, 0.15) is 165 Å². The molecule has 0 aromatic rings. The first-order valence-electron chi connectivity index (χ1n) is 31.2. The number of nitrogens with one attached hydrogen (secondary N) is 2. The van der Waals surface area contributed by atoms with Crippen molar-refractivity contribution >= 4 is 11.8 Å². The lowest BCUT2D eigenvalue weighted by atomic mass is 10.3. The number of aliphatic hydroxyl groups excluding tert-OH is 1. The van der Waals surface area contributed by atoms with E-state index in [0.717, 1.165) is 50.6 Å². The predicted octanol–water partition coefficient (Wildman–Crippen LogP) is 7.84. The molecule has 0 saturated carbocycles. The fraction of sp³-hybridized carbons (Fsp3) is 0.968. The van der Waals surface area contributed by atoms with Crippen LogP contribution in [0.25, 0.3) is 0 Å². The summed E-state index contributed by atoms with van der Waals surface area (Å²) in [4.78, 5) is 6.23. The van der Waals surface area contributed by atoms with Crippen molar-refractivity contribution in [1.82, 2.24) is 15.1 Å². The van der Waals surface area contributed by atoms with Gasteiger partial charge in [0.1, 0.15) is 0 Å². The second-order valence-electron chi connectivity index (χ2n) is 24.6. The van der Waals surface area contributed by atoms with Crippen molar-refractivity contribution in [3.05, 3.63) is 12.8 Å². The molecule has 1 atom stereocenters. The highest BCUT2D eigenvalue weighted by Gasteiger charge is 2.13. The third-order valence-corrected chi connectivity index (χ3v) is 11.9. The van der Waals surface area contributed by atoms with Gasteiger partial charge in [0, 0.05) is 32.6 Å². The molecule has 0 bridgehead atoms. The summed E-state index contributed by atoms with van der Waals surface area (Å²) >= 11 is 1.93. The highest BCUT2D eigenvalue weighted by molar-refractivity contribution is 7.98. The van der Waals surface area contributed by atoms with Crippen molar-refractivity contribution in [2.24, 2.45) is 5.73 Å². The molecule has 76 heavy (non-hydrogen) atoms. The van der Waals surface area contributed by atoms with Crippen LogP contribution in [0.5, 0.6) is 0 Å². The van der Waals surface area contributed by atoms with Gasteiger partial charge < -0.3 is 64.2 Å².